The van der Waals surface area contributed by atoms with Gasteiger partial charge in [-0.2, -0.15) is 0 Å². The number of aromatic amines is 1. The first-order valence-electron chi connectivity index (χ1n) is 9.36. The molecular weight excluding hydrogens is 352 g/mol. The van der Waals surface area contributed by atoms with Gasteiger partial charge in [-0.05, 0) is 18.6 Å². The third kappa shape index (κ3) is 3.73. The fourth-order valence-corrected chi connectivity index (χ4v) is 3.50. The topological polar surface area (TPSA) is 78.1 Å². The second kappa shape index (κ2) is 7.78. The van der Waals surface area contributed by atoms with Crippen molar-refractivity contribution in [2.75, 3.05) is 19.6 Å². The van der Waals surface area contributed by atoms with Crippen molar-refractivity contribution in [3.05, 3.63) is 87.8 Å². The largest absolute Gasteiger partial charge is 0.335 e. The van der Waals surface area contributed by atoms with E-state index in [0.717, 1.165) is 16.7 Å². The third-order valence-electron chi connectivity index (χ3n) is 4.99. The molecule has 1 fully saturated rings. The molecule has 28 heavy (non-hydrogen) atoms. The molecule has 1 aromatic heterocycles. The number of nitrogens with one attached hydrogen (secondary N) is 2. The lowest BCUT2D eigenvalue weighted by atomic mass is 10.0. The predicted octanol–water partition coefficient (Wildman–Crippen LogP) is 2.53. The highest BCUT2D eigenvalue weighted by molar-refractivity contribution is 5.93. The van der Waals surface area contributed by atoms with Gasteiger partial charge in [-0.15, -0.1) is 0 Å². The van der Waals surface area contributed by atoms with E-state index in [-0.39, 0.29) is 17.5 Å². The number of benzene rings is 2. The van der Waals surface area contributed by atoms with Crippen LogP contribution in [0.1, 0.15) is 27.5 Å². The summed E-state index contributed by atoms with van der Waals surface area (Å²) in [7, 11) is 0. The van der Waals surface area contributed by atoms with Crippen molar-refractivity contribution < 1.29 is 4.79 Å². The molecule has 1 aliphatic heterocycles. The summed E-state index contributed by atoms with van der Waals surface area (Å²) in [4.78, 5) is 34.3. The van der Waals surface area contributed by atoms with Gasteiger partial charge in [-0.25, -0.2) is 4.98 Å². The van der Waals surface area contributed by atoms with Gasteiger partial charge in [0.05, 0.1) is 0 Å². The Hall–Kier alpha value is -3.25. The Morgan fingerprint density at radius 1 is 1.14 bits per heavy atom. The van der Waals surface area contributed by atoms with Gasteiger partial charge in [0.15, 0.2) is 0 Å². The third-order valence-corrected chi connectivity index (χ3v) is 4.99. The van der Waals surface area contributed by atoms with Gasteiger partial charge in [0, 0.05) is 37.4 Å². The lowest BCUT2D eigenvalue weighted by Crippen LogP contribution is -2.49. The van der Waals surface area contributed by atoms with Gasteiger partial charge in [0.2, 0.25) is 0 Å². The lowest BCUT2D eigenvalue weighted by Gasteiger charge is -2.33. The number of hydrogen-bond acceptors (Lipinski definition) is 4. The zero-order chi connectivity index (χ0) is 19.5. The Labute approximate surface area is 163 Å². The van der Waals surface area contributed by atoms with Gasteiger partial charge < -0.3 is 15.2 Å². The predicted molar refractivity (Wildman–Crippen MR) is 108 cm³/mol. The van der Waals surface area contributed by atoms with E-state index in [4.69, 9.17) is 0 Å². The molecule has 0 saturated carbocycles. The van der Waals surface area contributed by atoms with E-state index in [2.05, 4.69) is 15.3 Å². The maximum atomic E-state index is 12.9. The Kier molecular flexibility index (Phi) is 5.04. The number of amides is 1. The standard InChI is InChI=1S/C22H22N4O2/c1-15-6-5-9-17(12-15)20-24-13-18(21(27)25-20)22(28)26-11-10-23-19(14-26)16-7-3-2-4-8-16/h2-9,12-13,19,23H,10-11,14H2,1H3,(H,24,25,27). The minimum atomic E-state index is -0.411. The normalized spacial score (nSPS) is 16.8. The highest BCUT2D eigenvalue weighted by atomic mass is 16.2. The van der Waals surface area contributed by atoms with Gasteiger partial charge in [0.1, 0.15) is 11.4 Å². The Balaban J connectivity index is 1.55. The number of carbonyl (C=O) groups excluding carboxylic acids is 1. The van der Waals surface area contributed by atoms with Crippen LogP contribution in [-0.4, -0.2) is 40.4 Å². The van der Waals surface area contributed by atoms with Crippen molar-refractivity contribution in [1.82, 2.24) is 20.2 Å². The first-order chi connectivity index (χ1) is 13.6. The van der Waals surface area contributed by atoms with E-state index >= 15 is 0 Å². The monoisotopic (exact) mass is 374 g/mol. The quantitative estimate of drug-likeness (QED) is 0.739. The second-order valence-electron chi connectivity index (χ2n) is 7.01. The smallest absolute Gasteiger partial charge is 0.264 e. The molecule has 6 nitrogen and oxygen atoms in total. The summed E-state index contributed by atoms with van der Waals surface area (Å²) >= 11 is 0. The van der Waals surface area contributed by atoms with E-state index < -0.39 is 5.56 Å². The van der Waals surface area contributed by atoms with Gasteiger partial charge in [-0.3, -0.25) is 9.59 Å². The van der Waals surface area contributed by atoms with Crippen LogP contribution in [0.4, 0.5) is 0 Å². The van der Waals surface area contributed by atoms with Gasteiger partial charge >= 0.3 is 0 Å². The molecule has 0 radical (unpaired) electrons. The second-order valence-corrected chi connectivity index (χ2v) is 7.01. The molecule has 0 spiro atoms. The van der Waals surface area contributed by atoms with Crippen LogP contribution < -0.4 is 10.9 Å². The average Bonchev–Trinajstić information content (AvgIpc) is 2.74. The van der Waals surface area contributed by atoms with E-state index in [1.54, 1.807) is 4.90 Å². The fraction of sp³-hybridized carbons (Fsp3) is 0.227. The van der Waals surface area contributed by atoms with Crippen LogP contribution in [0, 0.1) is 6.92 Å². The van der Waals surface area contributed by atoms with Gasteiger partial charge in [-0.1, -0.05) is 54.1 Å². The van der Waals surface area contributed by atoms with E-state index in [1.807, 2.05) is 61.5 Å². The SMILES string of the molecule is Cc1cccc(-c2ncc(C(=O)N3CCNC(c4ccccc4)C3)c(=O)[nH]2)c1. The summed E-state index contributed by atoms with van der Waals surface area (Å²) in [5.74, 6) is 0.180. The Bertz CT molecular complexity index is 1050. The molecular formula is C22H22N4O2. The number of rotatable bonds is 3. The van der Waals surface area contributed by atoms with E-state index in [1.165, 1.54) is 6.20 Å². The van der Waals surface area contributed by atoms with Crippen molar-refractivity contribution in [2.45, 2.75) is 13.0 Å². The van der Waals surface area contributed by atoms with Crippen LogP contribution in [0.3, 0.4) is 0 Å². The highest BCUT2D eigenvalue weighted by Crippen LogP contribution is 2.19. The number of carbonyl (C=O) groups is 1. The van der Waals surface area contributed by atoms with Crippen molar-refractivity contribution in [3.8, 4) is 11.4 Å². The van der Waals surface area contributed by atoms with Crippen LogP contribution in [0.15, 0.2) is 65.6 Å². The van der Waals surface area contributed by atoms with Crippen molar-refractivity contribution in [1.29, 1.82) is 0 Å². The molecule has 1 saturated heterocycles. The van der Waals surface area contributed by atoms with Crippen LogP contribution in [0.2, 0.25) is 0 Å². The van der Waals surface area contributed by atoms with Crippen LogP contribution in [0.5, 0.6) is 0 Å². The summed E-state index contributed by atoms with van der Waals surface area (Å²) in [6.07, 6.45) is 1.39. The molecule has 142 valence electrons. The lowest BCUT2D eigenvalue weighted by molar-refractivity contribution is 0.0700. The van der Waals surface area contributed by atoms with Gasteiger partial charge in [0.25, 0.3) is 11.5 Å². The number of aromatic nitrogens is 2. The maximum Gasteiger partial charge on any atom is 0.264 e. The molecule has 0 bridgehead atoms. The van der Waals surface area contributed by atoms with E-state index in [9.17, 15) is 9.59 Å². The van der Waals surface area contributed by atoms with Crippen molar-refractivity contribution in [2.24, 2.45) is 0 Å². The molecule has 2 heterocycles. The molecule has 4 rings (SSSR count). The number of piperazine rings is 1. The molecule has 0 aliphatic carbocycles. The summed E-state index contributed by atoms with van der Waals surface area (Å²) in [5.41, 5.74) is 2.69. The van der Waals surface area contributed by atoms with Crippen LogP contribution in [0.25, 0.3) is 11.4 Å². The summed E-state index contributed by atoms with van der Waals surface area (Å²) in [5, 5.41) is 3.43. The highest BCUT2D eigenvalue weighted by Gasteiger charge is 2.26. The molecule has 1 unspecified atom stereocenters. The zero-order valence-electron chi connectivity index (χ0n) is 15.7. The Morgan fingerprint density at radius 3 is 2.71 bits per heavy atom. The number of hydrogen-bond donors (Lipinski definition) is 2. The minimum Gasteiger partial charge on any atom is -0.335 e. The zero-order valence-corrected chi connectivity index (χ0v) is 15.7. The summed E-state index contributed by atoms with van der Waals surface area (Å²) in [6.45, 7) is 3.73. The number of H-pyrrole nitrogens is 1. The van der Waals surface area contributed by atoms with Crippen molar-refractivity contribution in [3.63, 3.8) is 0 Å². The van der Waals surface area contributed by atoms with Crippen molar-refractivity contribution >= 4 is 5.91 Å². The molecule has 6 heteroatoms. The number of aryl methyl sites for hydroxylation is 1. The minimum absolute atomic E-state index is 0.0532. The maximum absolute atomic E-state index is 12.9. The first kappa shape index (κ1) is 18.1. The molecule has 3 aromatic rings. The Morgan fingerprint density at radius 2 is 1.96 bits per heavy atom. The first-order valence-corrected chi connectivity index (χ1v) is 9.36. The molecule has 1 aliphatic rings. The molecule has 1 atom stereocenters. The molecule has 2 aromatic carbocycles. The summed E-state index contributed by atoms with van der Waals surface area (Å²) in [6, 6.07) is 17.8. The fourth-order valence-electron chi connectivity index (χ4n) is 3.50. The molecule has 2 N–H and O–H groups in total. The van der Waals surface area contributed by atoms with Crippen LogP contribution >= 0.6 is 0 Å². The summed E-state index contributed by atoms with van der Waals surface area (Å²) < 4.78 is 0. The van der Waals surface area contributed by atoms with E-state index in [0.29, 0.717) is 25.5 Å². The average molecular weight is 374 g/mol. The van der Waals surface area contributed by atoms with Crippen LogP contribution in [-0.2, 0) is 0 Å². The molecule has 1 amide bonds. The number of nitrogens with zero attached hydrogens (tertiary/aromatic N) is 2.